The van der Waals surface area contributed by atoms with Gasteiger partial charge in [0.1, 0.15) is 6.04 Å². The van der Waals surface area contributed by atoms with Crippen molar-refractivity contribution in [1.82, 2.24) is 5.06 Å². The van der Waals surface area contributed by atoms with Crippen molar-refractivity contribution in [1.29, 1.82) is 0 Å². The van der Waals surface area contributed by atoms with Gasteiger partial charge in [-0.25, -0.2) is 4.90 Å². The van der Waals surface area contributed by atoms with Crippen LogP contribution in [-0.2, 0) is 14.4 Å². The van der Waals surface area contributed by atoms with E-state index in [9.17, 15) is 19.6 Å². The number of carbonyl (C=O) groups excluding carboxylic acids is 3. The average Bonchev–Trinajstić information content (AvgIpc) is 2.86. The van der Waals surface area contributed by atoms with Gasteiger partial charge in [0.15, 0.2) is 0 Å². The minimum Gasteiger partial charge on any atom is -0.756 e. The molecule has 3 amide bonds. The number of carbonyl (C=O) groups is 3. The van der Waals surface area contributed by atoms with Crippen LogP contribution in [-0.4, -0.2) is 28.8 Å². The maximum atomic E-state index is 12.3. The van der Waals surface area contributed by atoms with Crippen molar-refractivity contribution in [2.75, 3.05) is 4.90 Å². The molecule has 0 unspecified atom stereocenters. The summed E-state index contributed by atoms with van der Waals surface area (Å²) in [4.78, 5) is 37.3. The molecular formula is C17H21N2O4-. The fourth-order valence-electron chi connectivity index (χ4n) is 2.63. The Morgan fingerprint density at radius 1 is 1.22 bits per heavy atom. The molecule has 0 radical (unpaired) electrons. The van der Waals surface area contributed by atoms with Crippen LogP contribution in [0, 0.1) is 5.21 Å². The summed E-state index contributed by atoms with van der Waals surface area (Å²) in [6.45, 7) is 2.06. The van der Waals surface area contributed by atoms with Crippen LogP contribution < -0.4 is 4.90 Å². The number of amides is 3. The van der Waals surface area contributed by atoms with E-state index in [-0.39, 0.29) is 17.9 Å². The van der Waals surface area contributed by atoms with E-state index in [2.05, 4.69) is 6.92 Å². The zero-order chi connectivity index (χ0) is 16.8. The molecule has 124 valence electrons. The van der Waals surface area contributed by atoms with Crippen molar-refractivity contribution >= 4 is 23.4 Å². The first-order valence-electron chi connectivity index (χ1n) is 7.97. The fraction of sp³-hybridized carbons (Fsp3) is 0.471. The van der Waals surface area contributed by atoms with Gasteiger partial charge in [-0.2, -0.15) is 0 Å². The summed E-state index contributed by atoms with van der Waals surface area (Å²) in [5.74, 6) is -1.70. The van der Waals surface area contributed by atoms with Crippen molar-refractivity contribution in [3.8, 4) is 0 Å². The second-order valence-electron chi connectivity index (χ2n) is 5.65. The molecule has 1 aromatic rings. The number of nitrogens with zero attached hydrogens (tertiary/aromatic N) is 2. The predicted molar refractivity (Wildman–Crippen MR) is 86.3 cm³/mol. The number of anilines is 1. The van der Waals surface area contributed by atoms with E-state index in [4.69, 9.17) is 0 Å². The Bertz CT molecular complexity index is 573. The summed E-state index contributed by atoms with van der Waals surface area (Å²) in [5, 5.41) is 12.3. The molecule has 0 spiro atoms. The van der Waals surface area contributed by atoms with Gasteiger partial charge < -0.3 is 10.3 Å². The van der Waals surface area contributed by atoms with Crippen molar-refractivity contribution in [2.45, 2.75) is 51.5 Å². The maximum absolute atomic E-state index is 12.3. The fourth-order valence-corrected chi connectivity index (χ4v) is 2.63. The number of imide groups is 1. The summed E-state index contributed by atoms with van der Waals surface area (Å²) in [6.07, 6.45) is 3.42. The smallest absolute Gasteiger partial charge is 0.256 e. The number of para-hydroxylation sites is 1. The molecule has 0 aliphatic carbocycles. The Hall–Kier alpha value is -2.21. The van der Waals surface area contributed by atoms with E-state index in [0.717, 1.165) is 24.2 Å². The minimum absolute atomic E-state index is 0.118. The van der Waals surface area contributed by atoms with Gasteiger partial charge in [-0.1, -0.05) is 44.4 Å². The number of hydrogen-bond donors (Lipinski definition) is 0. The Kier molecular flexibility index (Phi) is 5.87. The van der Waals surface area contributed by atoms with Crippen molar-refractivity contribution in [3.63, 3.8) is 0 Å². The molecule has 23 heavy (non-hydrogen) atoms. The second kappa shape index (κ2) is 7.87. The molecule has 0 bridgehead atoms. The molecule has 6 heteroatoms. The van der Waals surface area contributed by atoms with Crippen LogP contribution in [0.1, 0.15) is 45.4 Å². The van der Waals surface area contributed by atoms with Crippen LogP contribution in [0.4, 0.5) is 5.69 Å². The summed E-state index contributed by atoms with van der Waals surface area (Å²) in [6, 6.07) is 7.20. The van der Waals surface area contributed by atoms with E-state index in [0.29, 0.717) is 12.1 Å². The zero-order valence-corrected chi connectivity index (χ0v) is 13.2. The largest absolute Gasteiger partial charge is 0.756 e. The van der Waals surface area contributed by atoms with E-state index in [1.165, 1.54) is 0 Å². The molecule has 0 N–H and O–H groups in total. The second-order valence-corrected chi connectivity index (χ2v) is 5.65. The summed E-state index contributed by atoms with van der Waals surface area (Å²) < 4.78 is 0. The summed E-state index contributed by atoms with van der Waals surface area (Å²) >= 11 is 0. The standard InChI is InChI=1S/C17H21N2O4/c1-2-3-4-8-11-15(20)19(23)14-12-16(21)18(17(14)22)13-9-6-5-7-10-13/h5-7,9-10,14H,2-4,8,11-12H2,1H3/q-1/t14-/m0/s1. The summed E-state index contributed by atoms with van der Waals surface area (Å²) in [7, 11) is 0. The molecule has 6 nitrogen and oxygen atoms in total. The third kappa shape index (κ3) is 3.96. The van der Waals surface area contributed by atoms with E-state index in [1.807, 2.05) is 0 Å². The van der Waals surface area contributed by atoms with Crippen molar-refractivity contribution in [3.05, 3.63) is 35.5 Å². The Balaban J connectivity index is 2.00. The van der Waals surface area contributed by atoms with Crippen molar-refractivity contribution in [2.24, 2.45) is 0 Å². The number of hydrogen-bond acceptors (Lipinski definition) is 4. The van der Waals surface area contributed by atoms with Gasteiger partial charge in [-0.15, -0.1) is 0 Å². The lowest BCUT2D eigenvalue weighted by Gasteiger charge is -2.33. The van der Waals surface area contributed by atoms with Gasteiger partial charge in [0.25, 0.3) is 5.91 Å². The number of unbranched alkanes of at least 4 members (excludes halogenated alkanes) is 3. The first-order chi connectivity index (χ1) is 11.1. The molecule has 0 aromatic heterocycles. The highest BCUT2D eigenvalue weighted by atomic mass is 16.5. The van der Waals surface area contributed by atoms with E-state index >= 15 is 0 Å². The van der Waals surface area contributed by atoms with Crippen LogP contribution in [0.25, 0.3) is 0 Å². The third-order valence-electron chi connectivity index (χ3n) is 3.91. The Morgan fingerprint density at radius 3 is 2.57 bits per heavy atom. The lowest BCUT2D eigenvalue weighted by atomic mass is 10.1. The van der Waals surface area contributed by atoms with Gasteiger partial charge in [-0.05, 0) is 18.6 Å². The molecule has 1 saturated heterocycles. The summed E-state index contributed by atoms with van der Waals surface area (Å²) in [5.41, 5.74) is 0.425. The molecule has 1 aromatic carbocycles. The zero-order valence-electron chi connectivity index (χ0n) is 13.2. The van der Waals surface area contributed by atoms with Gasteiger partial charge >= 0.3 is 0 Å². The number of rotatable bonds is 7. The lowest BCUT2D eigenvalue weighted by Crippen LogP contribution is -2.42. The molecule has 1 fully saturated rings. The van der Waals surface area contributed by atoms with Gasteiger partial charge in [0.2, 0.25) is 11.8 Å². The van der Waals surface area contributed by atoms with Crippen LogP contribution in [0.2, 0.25) is 0 Å². The Morgan fingerprint density at radius 2 is 1.91 bits per heavy atom. The highest BCUT2D eigenvalue weighted by Crippen LogP contribution is 2.25. The SMILES string of the molecule is CCCCCCC(=O)N([O-])[C@H]1CC(=O)N(c2ccccc2)C1=O. The van der Waals surface area contributed by atoms with Gasteiger partial charge in [0, 0.05) is 6.42 Å². The normalized spacial score (nSPS) is 17.7. The maximum Gasteiger partial charge on any atom is 0.256 e. The first kappa shape index (κ1) is 17.1. The van der Waals surface area contributed by atoms with Crippen molar-refractivity contribution < 1.29 is 14.4 Å². The monoisotopic (exact) mass is 317 g/mol. The first-order valence-corrected chi connectivity index (χ1v) is 7.97. The van der Waals surface area contributed by atoms with Gasteiger partial charge in [0.05, 0.1) is 12.1 Å². The molecule has 1 aliphatic heterocycles. The minimum atomic E-state index is -1.23. The average molecular weight is 317 g/mol. The lowest BCUT2D eigenvalue weighted by molar-refractivity contribution is -0.135. The van der Waals surface area contributed by atoms with Crippen LogP contribution in [0.15, 0.2) is 30.3 Å². The highest BCUT2D eigenvalue weighted by molar-refractivity contribution is 6.23. The molecule has 1 aliphatic rings. The van der Waals surface area contributed by atoms with Gasteiger partial charge in [-0.3, -0.25) is 14.4 Å². The number of benzene rings is 1. The topological polar surface area (TPSA) is 80.8 Å². The quantitative estimate of drug-likeness (QED) is 0.440. The van der Waals surface area contributed by atoms with Crippen LogP contribution in [0.5, 0.6) is 0 Å². The van der Waals surface area contributed by atoms with E-state index < -0.39 is 23.8 Å². The Labute approximate surface area is 135 Å². The number of hydroxylamine groups is 2. The van der Waals surface area contributed by atoms with Crippen LogP contribution >= 0.6 is 0 Å². The molecular weight excluding hydrogens is 296 g/mol. The molecule has 1 heterocycles. The van der Waals surface area contributed by atoms with E-state index in [1.54, 1.807) is 30.3 Å². The van der Waals surface area contributed by atoms with Crippen LogP contribution in [0.3, 0.4) is 0 Å². The predicted octanol–water partition coefficient (Wildman–Crippen LogP) is 2.62. The molecule has 2 rings (SSSR count). The molecule has 1 atom stereocenters. The molecule has 0 saturated carbocycles. The highest BCUT2D eigenvalue weighted by Gasteiger charge is 2.41. The third-order valence-corrected chi connectivity index (χ3v) is 3.91.